The Kier molecular flexibility index (Phi) is 5.68. The third-order valence-corrected chi connectivity index (χ3v) is 5.42. The first kappa shape index (κ1) is 19.0. The van der Waals surface area contributed by atoms with E-state index in [1.54, 1.807) is 0 Å². The van der Waals surface area contributed by atoms with E-state index in [4.69, 9.17) is 4.74 Å². The highest BCUT2D eigenvalue weighted by atomic mass is 79.9. The van der Waals surface area contributed by atoms with Crippen molar-refractivity contribution in [2.75, 3.05) is 0 Å². The number of hydrogen-bond acceptors (Lipinski definition) is 2. The number of allylic oxidation sites excluding steroid dienone is 1. The fourth-order valence-corrected chi connectivity index (χ4v) is 3.53. The van der Waals surface area contributed by atoms with Crippen LogP contribution in [-0.2, 0) is 16.1 Å². The second-order valence-corrected chi connectivity index (χ2v) is 9.40. The minimum Gasteiger partial charge on any atom is -0.460 e. The van der Waals surface area contributed by atoms with Gasteiger partial charge in [-0.3, -0.25) is 4.79 Å². The Morgan fingerprint density at radius 1 is 1.30 bits per heavy atom. The van der Waals surface area contributed by atoms with Gasteiger partial charge in [0.15, 0.2) is 11.6 Å². The normalized spacial score (nSPS) is 21.7. The molecule has 0 radical (unpaired) electrons. The molecule has 2 nitrogen and oxygen atoms in total. The third-order valence-electron chi connectivity index (χ3n) is 4.03. The Bertz CT molecular complexity index is 659. The molecule has 0 saturated heterocycles. The number of carbonyl (C=O) groups is 1. The Labute approximate surface area is 156 Å². The Balaban J connectivity index is 2.11. The van der Waals surface area contributed by atoms with Crippen LogP contribution < -0.4 is 0 Å². The fourth-order valence-electron chi connectivity index (χ4n) is 2.56. The van der Waals surface area contributed by atoms with Gasteiger partial charge in [0, 0.05) is 11.6 Å². The Hall–Kier alpha value is -0.340. The van der Waals surface area contributed by atoms with Crippen LogP contribution in [0.4, 0.5) is 13.2 Å². The van der Waals surface area contributed by atoms with Crippen LogP contribution in [-0.4, -0.2) is 5.97 Å². The summed E-state index contributed by atoms with van der Waals surface area (Å²) in [7, 11) is 0. The van der Waals surface area contributed by atoms with Gasteiger partial charge in [0.05, 0.1) is 13.8 Å². The summed E-state index contributed by atoms with van der Waals surface area (Å²) in [6.45, 7) is 3.27. The van der Waals surface area contributed by atoms with Gasteiger partial charge in [0.1, 0.15) is 12.4 Å². The molecular formula is C15H12Br3F3O2. The van der Waals surface area contributed by atoms with Gasteiger partial charge in [-0.1, -0.05) is 19.9 Å². The molecule has 1 fully saturated rings. The summed E-state index contributed by atoms with van der Waals surface area (Å²) >= 11 is 9.32. The van der Waals surface area contributed by atoms with Crippen LogP contribution >= 0.6 is 47.8 Å². The summed E-state index contributed by atoms with van der Waals surface area (Å²) in [5, 5.41) is 0. The molecule has 1 aromatic rings. The summed E-state index contributed by atoms with van der Waals surface area (Å²) < 4.78 is 45.9. The zero-order chi connectivity index (χ0) is 17.5. The molecule has 0 bridgehead atoms. The molecular weight excluding hydrogens is 509 g/mol. The lowest BCUT2D eigenvalue weighted by molar-refractivity contribution is -0.147. The van der Waals surface area contributed by atoms with Gasteiger partial charge in [0.2, 0.25) is 0 Å². The molecule has 1 aliphatic rings. The quantitative estimate of drug-likeness (QED) is 0.370. The van der Waals surface area contributed by atoms with Crippen LogP contribution in [0.25, 0.3) is 0 Å². The molecule has 0 amide bonds. The summed E-state index contributed by atoms with van der Waals surface area (Å²) in [6.07, 6.45) is 1.84. The maximum atomic E-state index is 13.7. The fraction of sp³-hybridized carbons (Fsp3) is 0.400. The average Bonchev–Trinajstić information content (AvgIpc) is 2.96. The zero-order valence-electron chi connectivity index (χ0n) is 12.1. The summed E-state index contributed by atoms with van der Waals surface area (Å²) in [5.41, 5.74) is -0.657. The molecule has 0 unspecified atom stereocenters. The van der Waals surface area contributed by atoms with Crippen molar-refractivity contribution in [2.24, 2.45) is 17.3 Å². The lowest BCUT2D eigenvalue weighted by Gasteiger charge is -2.10. The maximum absolute atomic E-state index is 13.7. The predicted octanol–water partition coefficient (Wildman–Crippen LogP) is 5.81. The number of esters is 1. The molecule has 0 aromatic heterocycles. The second-order valence-electron chi connectivity index (χ2n) is 5.84. The first-order chi connectivity index (χ1) is 10.6. The third kappa shape index (κ3) is 3.85. The number of halogens is 6. The van der Waals surface area contributed by atoms with Gasteiger partial charge >= 0.3 is 5.97 Å². The van der Waals surface area contributed by atoms with Gasteiger partial charge in [-0.05, 0) is 59.1 Å². The van der Waals surface area contributed by atoms with Crippen LogP contribution in [0.1, 0.15) is 19.4 Å². The summed E-state index contributed by atoms with van der Waals surface area (Å²) in [4.78, 5) is 12.2. The molecule has 0 spiro atoms. The van der Waals surface area contributed by atoms with E-state index in [1.165, 1.54) is 0 Å². The molecule has 23 heavy (non-hydrogen) atoms. The Morgan fingerprint density at radius 2 is 1.91 bits per heavy atom. The topological polar surface area (TPSA) is 26.3 Å². The number of rotatable bonds is 4. The number of hydrogen-bond donors (Lipinski definition) is 0. The smallest absolute Gasteiger partial charge is 0.310 e. The SMILES string of the molecule is CC1(C)[C@H](C(=O)OCc2c(F)c(F)cc(F)c2Br)[C@@H]1C=C(Br)Br. The molecule has 2 rings (SSSR count). The van der Waals surface area contributed by atoms with E-state index in [9.17, 15) is 18.0 Å². The van der Waals surface area contributed by atoms with Crippen LogP contribution in [0.2, 0.25) is 0 Å². The number of carbonyl (C=O) groups excluding carboxylic acids is 1. The van der Waals surface area contributed by atoms with Crippen molar-refractivity contribution < 1.29 is 22.7 Å². The van der Waals surface area contributed by atoms with E-state index in [0.717, 1.165) is 3.39 Å². The molecule has 2 atom stereocenters. The maximum Gasteiger partial charge on any atom is 0.310 e. The average molecular weight is 521 g/mol. The van der Waals surface area contributed by atoms with Crippen molar-refractivity contribution in [3.63, 3.8) is 0 Å². The number of ether oxygens (including phenoxy) is 1. The monoisotopic (exact) mass is 518 g/mol. The van der Waals surface area contributed by atoms with Crippen molar-refractivity contribution in [2.45, 2.75) is 20.5 Å². The standard InChI is InChI=1S/C15H12Br3F3O2/c1-15(2)7(3-10(16)17)11(15)14(22)23-5-6-12(18)8(19)4-9(20)13(6)21/h3-4,7,11H,5H2,1-2H3/t7-,11-/m0/s1. The molecule has 0 heterocycles. The van der Waals surface area contributed by atoms with Crippen LogP contribution in [0.3, 0.4) is 0 Å². The molecule has 0 N–H and O–H groups in total. The molecule has 1 saturated carbocycles. The predicted molar refractivity (Wildman–Crippen MR) is 90.5 cm³/mol. The van der Waals surface area contributed by atoms with Crippen molar-refractivity contribution in [1.29, 1.82) is 0 Å². The van der Waals surface area contributed by atoms with E-state index < -0.39 is 35.9 Å². The highest BCUT2D eigenvalue weighted by molar-refractivity contribution is 9.28. The van der Waals surface area contributed by atoms with Gasteiger partial charge in [0.25, 0.3) is 0 Å². The van der Waals surface area contributed by atoms with Gasteiger partial charge in [-0.25, -0.2) is 13.2 Å². The van der Waals surface area contributed by atoms with E-state index in [2.05, 4.69) is 47.8 Å². The first-order valence-corrected chi connectivity index (χ1v) is 8.96. The Morgan fingerprint density at radius 3 is 2.48 bits per heavy atom. The summed E-state index contributed by atoms with van der Waals surface area (Å²) in [5.74, 6) is -4.48. The van der Waals surface area contributed by atoms with E-state index in [1.807, 2.05) is 19.9 Å². The minimum atomic E-state index is -1.33. The van der Waals surface area contributed by atoms with Crippen molar-refractivity contribution in [3.8, 4) is 0 Å². The van der Waals surface area contributed by atoms with Crippen LogP contribution in [0, 0.1) is 34.7 Å². The van der Waals surface area contributed by atoms with Crippen molar-refractivity contribution >= 4 is 53.8 Å². The van der Waals surface area contributed by atoms with Gasteiger partial charge < -0.3 is 4.74 Å². The van der Waals surface area contributed by atoms with Crippen molar-refractivity contribution in [1.82, 2.24) is 0 Å². The van der Waals surface area contributed by atoms with Crippen molar-refractivity contribution in [3.05, 3.63) is 43.0 Å². The highest BCUT2D eigenvalue weighted by Crippen LogP contribution is 2.60. The van der Waals surface area contributed by atoms with Gasteiger partial charge in [-0.15, -0.1) is 0 Å². The second kappa shape index (κ2) is 6.88. The van der Waals surface area contributed by atoms with E-state index >= 15 is 0 Å². The molecule has 1 aliphatic carbocycles. The minimum absolute atomic E-state index is 0.0405. The molecule has 126 valence electrons. The summed E-state index contributed by atoms with van der Waals surface area (Å²) in [6, 6.07) is 0.434. The van der Waals surface area contributed by atoms with Crippen LogP contribution in [0.15, 0.2) is 20.0 Å². The lowest BCUT2D eigenvalue weighted by atomic mass is 10.1. The lowest BCUT2D eigenvalue weighted by Crippen LogP contribution is -2.12. The molecule has 0 aliphatic heterocycles. The highest BCUT2D eigenvalue weighted by Gasteiger charge is 2.61. The van der Waals surface area contributed by atoms with Gasteiger partial charge in [-0.2, -0.15) is 0 Å². The van der Waals surface area contributed by atoms with E-state index in [-0.39, 0.29) is 21.4 Å². The first-order valence-electron chi connectivity index (χ1n) is 6.58. The number of benzene rings is 1. The molecule has 1 aromatic carbocycles. The zero-order valence-corrected chi connectivity index (χ0v) is 16.9. The van der Waals surface area contributed by atoms with Crippen LogP contribution in [0.5, 0.6) is 0 Å². The molecule has 8 heteroatoms. The largest absolute Gasteiger partial charge is 0.460 e. The van der Waals surface area contributed by atoms with E-state index in [0.29, 0.717) is 6.07 Å².